The fraction of sp³-hybridized carbons (Fsp3) is 0.154. The number of nitrogens with one attached hydrogen (secondary N) is 1. The molecule has 0 unspecified atom stereocenters. The summed E-state index contributed by atoms with van der Waals surface area (Å²) >= 11 is 1.52. The third kappa shape index (κ3) is 2.73. The minimum atomic E-state index is -0.337. The van der Waals surface area contributed by atoms with Crippen LogP contribution in [0.3, 0.4) is 0 Å². The number of rotatable bonds is 4. The van der Waals surface area contributed by atoms with Gasteiger partial charge in [-0.15, -0.1) is 11.8 Å². The van der Waals surface area contributed by atoms with Crippen LogP contribution in [0.15, 0.2) is 39.8 Å². The molecule has 0 saturated heterocycles. The van der Waals surface area contributed by atoms with Crippen LogP contribution in [0.4, 0.5) is 4.39 Å². The molecule has 5 heteroatoms. The highest BCUT2D eigenvalue weighted by Crippen LogP contribution is 2.27. The van der Waals surface area contributed by atoms with Gasteiger partial charge in [-0.1, -0.05) is 12.1 Å². The summed E-state index contributed by atoms with van der Waals surface area (Å²) in [5.41, 5.74) is 6.29. The van der Waals surface area contributed by atoms with Crippen molar-refractivity contribution in [2.75, 3.05) is 0 Å². The highest BCUT2D eigenvalue weighted by molar-refractivity contribution is 7.98. The number of furan rings is 1. The molecule has 1 heterocycles. The average molecular weight is 264 g/mol. The maximum Gasteiger partial charge on any atom is 0.127 e. The summed E-state index contributed by atoms with van der Waals surface area (Å²) in [5.74, 6) is 0.889. The Morgan fingerprint density at radius 1 is 1.44 bits per heavy atom. The lowest BCUT2D eigenvalue weighted by atomic mass is 10.1. The number of hydrogen-bond acceptors (Lipinski definition) is 3. The molecule has 0 aliphatic heterocycles. The summed E-state index contributed by atoms with van der Waals surface area (Å²) in [6.07, 6.45) is 1.62. The fourth-order valence-electron chi connectivity index (χ4n) is 1.51. The van der Waals surface area contributed by atoms with E-state index in [9.17, 15) is 4.39 Å². The number of thioether (sulfide) groups is 1. The summed E-state index contributed by atoms with van der Waals surface area (Å²) in [7, 11) is 0. The smallest absolute Gasteiger partial charge is 0.127 e. The molecule has 18 heavy (non-hydrogen) atoms. The third-order valence-electron chi connectivity index (χ3n) is 2.56. The maximum atomic E-state index is 13.8. The van der Waals surface area contributed by atoms with Gasteiger partial charge >= 0.3 is 0 Å². The van der Waals surface area contributed by atoms with Gasteiger partial charge in [-0.3, -0.25) is 5.41 Å². The second kappa shape index (κ2) is 5.27. The fourth-order valence-corrected chi connectivity index (χ4v) is 2.46. The Kier molecular flexibility index (Phi) is 3.72. The van der Waals surface area contributed by atoms with Crippen molar-refractivity contribution in [1.29, 1.82) is 5.41 Å². The van der Waals surface area contributed by atoms with Gasteiger partial charge in [0.05, 0.1) is 6.26 Å². The molecule has 2 aromatic rings. The van der Waals surface area contributed by atoms with Crippen LogP contribution in [0.1, 0.15) is 16.9 Å². The number of nitrogen functional groups attached to an aromatic ring is 1. The van der Waals surface area contributed by atoms with Crippen molar-refractivity contribution in [2.45, 2.75) is 17.6 Å². The Morgan fingerprint density at radius 2 is 2.22 bits per heavy atom. The number of aryl methyl sites for hydroxylation is 1. The first-order valence-electron chi connectivity index (χ1n) is 5.37. The number of nitrogens with two attached hydrogens (primary N) is 1. The van der Waals surface area contributed by atoms with Gasteiger partial charge in [0.1, 0.15) is 17.4 Å². The molecular weight excluding hydrogens is 251 g/mol. The van der Waals surface area contributed by atoms with E-state index in [1.54, 1.807) is 18.4 Å². The number of hydrogen-bond donors (Lipinski definition) is 2. The SMILES string of the molecule is Cc1occc1SCc1ccc(C(=N)N)cc1F. The molecule has 0 radical (unpaired) electrons. The summed E-state index contributed by atoms with van der Waals surface area (Å²) in [5, 5.41) is 7.24. The first kappa shape index (κ1) is 12.7. The number of halogens is 1. The predicted octanol–water partition coefficient (Wildman–Crippen LogP) is 3.30. The van der Waals surface area contributed by atoms with Crippen LogP contribution in [0, 0.1) is 18.2 Å². The van der Waals surface area contributed by atoms with E-state index in [2.05, 4.69) is 0 Å². The Balaban J connectivity index is 2.11. The van der Waals surface area contributed by atoms with E-state index in [1.807, 2.05) is 13.0 Å². The Hall–Kier alpha value is -1.75. The molecule has 0 aliphatic rings. The Bertz CT molecular complexity index is 580. The van der Waals surface area contributed by atoms with Crippen molar-refractivity contribution in [3.63, 3.8) is 0 Å². The Morgan fingerprint density at radius 3 is 2.78 bits per heavy atom. The highest BCUT2D eigenvalue weighted by Gasteiger charge is 2.08. The van der Waals surface area contributed by atoms with Crippen molar-refractivity contribution in [3.8, 4) is 0 Å². The molecule has 0 spiro atoms. The summed E-state index contributed by atoms with van der Waals surface area (Å²) < 4.78 is 18.9. The minimum Gasteiger partial charge on any atom is -0.468 e. The van der Waals surface area contributed by atoms with Crippen LogP contribution >= 0.6 is 11.8 Å². The normalized spacial score (nSPS) is 10.6. The summed E-state index contributed by atoms with van der Waals surface area (Å²) in [4.78, 5) is 1.00. The van der Waals surface area contributed by atoms with Gasteiger partial charge in [-0.05, 0) is 24.6 Å². The zero-order chi connectivity index (χ0) is 13.1. The number of amidine groups is 1. The molecule has 94 valence electrons. The molecule has 0 atom stereocenters. The van der Waals surface area contributed by atoms with E-state index in [0.717, 1.165) is 10.7 Å². The van der Waals surface area contributed by atoms with E-state index in [0.29, 0.717) is 16.9 Å². The van der Waals surface area contributed by atoms with Crippen LogP contribution in [-0.4, -0.2) is 5.84 Å². The molecule has 0 fully saturated rings. The minimum absolute atomic E-state index is 0.126. The van der Waals surface area contributed by atoms with Crippen molar-refractivity contribution >= 4 is 17.6 Å². The largest absolute Gasteiger partial charge is 0.468 e. The molecule has 0 bridgehead atoms. The second-order valence-electron chi connectivity index (χ2n) is 3.85. The first-order chi connectivity index (χ1) is 8.58. The lowest BCUT2D eigenvalue weighted by Gasteiger charge is -2.05. The lowest BCUT2D eigenvalue weighted by Crippen LogP contribution is -2.11. The van der Waals surface area contributed by atoms with Gasteiger partial charge in [-0.25, -0.2) is 4.39 Å². The van der Waals surface area contributed by atoms with Gasteiger partial charge in [0, 0.05) is 16.2 Å². The van der Waals surface area contributed by atoms with Crippen LogP contribution in [0.5, 0.6) is 0 Å². The van der Waals surface area contributed by atoms with Crippen molar-refractivity contribution in [2.24, 2.45) is 5.73 Å². The van der Waals surface area contributed by atoms with Crippen molar-refractivity contribution in [3.05, 3.63) is 53.2 Å². The topological polar surface area (TPSA) is 63.0 Å². The molecule has 1 aromatic carbocycles. The van der Waals surface area contributed by atoms with Crippen molar-refractivity contribution < 1.29 is 8.81 Å². The standard InChI is InChI=1S/C13H13FN2OS/c1-8-12(4-5-17-8)18-7-10-3-2-9(13(15)16)6-11(10)14/h2-6H,7H2,1H3,(H3,15,16). The summed E-state index contributed by atoms with van der Waals surface area (Å²) in [6.45, 7) is 1.87. The third-order valence-corrected chi connectivity index (χ3v) is 3.75. The highest BCUT2D eigenvalue weighted by atomic mass is 32.2. The van der Waals surface area contributed by atoms with Crippen LogP contribution in [-0.2, 0) is 5.75 Å². The monoisotopic (exact) mass is 264 g/mol. The van der Waals surface area contributed by atoms with E-state index in [1.165, 1.54) is 17.8 Å². The first-order valence-corrected chi connectivity index (χ1v) is 6.36. The van der Waals surface area contributed by atoms with E-state index in [-0.39, 0.29) is 11.7 Å². The van der Waals surface area contributed by atoms with E-state index in [4.69, 9.17) is 15.6 Å². The van der Waals surface area contributed by atoms with Gasteiger partial charge < -0.3 is 10.2 Å². The number of benzene rings is 1. The zero-order valence-corrected chi connectivity index (χ0v) is 10.7. The average Bonchev–Trinajstić information content (AvgIpc) is 2.73. The van der Waals surface area contributed by atoms with Crippen LogP contribution in [0.25, 0.3) is 0 Å². The molecule has 2 rings (SSSR count). The van der Waals surface area contributed by atoms with Gasteiger partial charge in [-0.2, -0.15) is 0 Å². The van der Waals surface area contributed by atoms with Crippen molar-refractivity contribution in [1.82, 2.24) is 0 Å². The second-order valence-corrected chi connectivity index (χ2v) is 4.87. The molecule has 0 amide bonds. The van der Waals surface area contributed by atoms with Crippen LogP contribution < -0.4 is 5.73 Å². The molecule has 0 aliphatic carbocycles. The molecule has 3 nitrogen and oxygen atoms in total. The Labute approximate surface area is 109 Å². The molecule has 3 N–H and O–H groups in total. The zero-order valence-electron chi connectivity index (χ0n) is 9.87. The van der Waals surface area contributed by atoms with Gasteiger partial charge in [0.2, 0.25) is 0 Å². The lowest BCUT2D eigenvalue weighted by molar-refractivity contribution is 0.527. The molecule has 0 saturated carbocycles. The van der Waals surface area contributed by atoms with Gasteiger partial charge in [0.15, 0.2) is 0 Å². The molecule has 1 aromatic heterocycles. The van der Waals surface area contributed by atoms with E-state index < -0.39 is 0 Å². The van der Waals surface area contributed by atoms with E-state index >= 15 is 0 Å². The van der Waals surface area contributed by atoms with Gasteiger partial charge in [0.25, 0.3) is 0 Å². The quantitative estimate of drug-likeness (QED) is 0.506. The predicted molar refractivity (Wildman–Crippen MR) is 70.4 cm³/mol. The summed E-state index contributed by atoms with van der Waals surface area (Å²) in [6, 6.07) is 6.47. The maximum absolute atomic E-state index is 13.8. The van der Waals surface area contributed by atoms with Crippen LogP contribution in [0.2, 0.25) is 0 Å². The molecular formula is C13H13FN2OS.